The molecular weight excluding hydrogens is 415 g/mol. The summed E-state index contributed by atoms with van der Waals surface area (Å²) in [5, 5.41) is 4.45. The van der Waals surface area contributed by atoms with Crippen LogP contribution in [0.1, 0.15) is 0 Å². The van der Waals surface area contributed by atoms with Crippen molar-refractivity contribution in [3.05, 3.63) is 115 Å². The molecule has 0 aromatic heterocycles. The first kappa shape index (κ1) is 18.9. The molecule has 0 saturated carbocycles. The van der Waals surface area contributed by atoms with E-state index in [1.54, 1.807) is 0 Å². The molecule has 0 fully saturated rings. The van der Waals surface area contributed by atoms with E-state index >= 15 is 0 Å². The first-order valence-electron chi connectivity index (χ1n) is 10.5. The minimum absolute atomic E-state index is 0.567. The molecule has 154 valence electrons. The Hall–Kier alpha value is -3.81. The van der Waals surface area contributed by atoms with Crippen LogP contribution in [0.25, 0.3) is 10.8 Å². The monoisotopic (exact) mass is 434 g/mol. The van der Waals surface area contributed by atoms with Crippen molar-refractivity contribution in [1.82, 2.24) is 0 Å². The molecule has 0 aliphatic carbocycles. The lowest BCUT2D eigenvalue weighted by molar-refractivity contribution is 0.361. The Morgan fingerprint density at radius 3 is 1.47 bits per heavy atom. The van der Waals surface area contributed by atoms with Gasteiger partial charge in [0.15, 0.2) is 30.1 Å². The van der Waals surface area contributed by atoms with E-state index in [-0.39, 0.29) is 0 Å². The molecule has 5 aromatic rings. The summed E-state index contributed by atoms with van der Waals surface area (Å²) in [5.41, 5.74) is 0. The smallest absolute Gasteiger partial charge is 0.171 e. The maximum atomic E-state index is 14.6. The number of hydrogen-bond acceptors (Lipinski definition) is 3. The van der Waals surface area contributed by atoms with E-state index in [4.69, 9.17) is 9.47 Å². The van der Waals surface area contributed by atoms with Gasteiger partial charge < -0.3 is 14.0 Å². The molecule has 1 aliphatic heterocycles. The molecule has 3 nitrogen and oxygen atoms in total. The molecule has 4 heteroatoms. The van der Waals surface area contributed by atoms with Crippen molar-refractivity contribution in [1.29, 1.82) is 0 Å². The van der Waals surface area contributed by atoms with Crippen molar-refractivity contribution in [2.45, 2.75) is 0 Å². The summed E-state index contributed by atoms with van der Waals surface area (Å²) in [4.78, 5) is 0. The van der Waals surface area contributed by atoms with Crippen LogP contribution in [0, 0.1) is 0 Å². The number of ether oxygens (including phenoxy) is 2. The summed E-state index contributed by atoms with van der Waals surface area (Å²) in [7, 11) is -3.08. The Morgan fingerprint density at radius 2 is 0.906 bits per heavy atom. The summed E-state index contributed by atoms with van der Waals surface area (Å²) < 4.78 is 27.0. The van der Waals surface area contributed by atoms with Crippen molar-refractivity contribution in [2.24, 2.45) is 0 Å². The van der Waals surface area contributed by atoms with Crippen molar-refractivity contribution >= 4 is 33.8 Å². The Labute approximate surface area is 186 Å². The highest BCUT2D eigenvalue weighted by Gasteiger charge is 2.31. The maximum Gasteiger partial charge on any atom is 0.171 e. The lowest BCUT2D eigenvalue weighted by atomic mass is 10.1. The molecule has 0 spiro atoms. The molecule has 1 heterocycles. The zero-order valence-electron chi connectivity index (χ0n) is 17.1. The fourth-order valence-electron chi connectivity index (χ4n) is 4.17. The van der Waals surface area contributed by atoms with Crippen LogP contribution in [-0.4, -0.2) is 0 Å². The fourth-order valence-corrected chi connectivity index (χ4v) is 6.84. The van der Waals surface area contributed by atoms with Crippen LogP contribution in [-0.2, 0) is 4.57 Å². The average molecular weight is 434 g/mol. The van der Waals surface area contributed by atoms with E-state index in [1.165, 1.54) is 0 Å². The highest BCUT2D eigenvalue weighted by Crippen LogP contribution is 2.49. The average Bonchev–Trinajstić information content (AvgIpc) is 2.86. The maximum absolute atomic E-state index is 14.6. The number of rotatable bonds is 3. The molecule has 1 aliphatic rings. The zero-order valence-corrected chi connectivity index (χ0v) is 18.0. The summed E-state index contributed by atoms with van der Waals surface area (Å²) in [6, 6.07) is 36.9. The number of hydrogen-bond donors (Lipinski definition) is 0. The van der Waals surface area contributed by atoms with Crippen molar-refractivity contribution in [3.63, 3.8) is 0 Å². The predicted octanol–water partition coefficient (Wildman–Crippen LogP) is 6.38. The van der Waals surface area contributed by atoms with Crippen LogP contribution in [0.3, 0.4) is 0 Å². The van der Waals surface area contributed by atoms with E-state index in [0.717, 1.165) is 21.4 Å². The largest absolute Gasteiger partial charge is 0.449 e. The van der Waals surface area contributed by atoms with Crippen LogP contribution in [0.2, 0.25) is 0 Å². The molecule has 6 rings (SSSR count). The quantitative estimate of drug-likeness (QED) is 0.303. The summed E-state index contributed by atoms with van der Waals surface area (Å²) in [6.45, 7) is 0. The van der Waals surface area contributed by atoms with Crippen molar-refractivity contribution in [2.75, 3.05) is 0 Å². The molecule has 0 bridgehead atoms. The van der Waals surface area contributed by atoms with Gasteiger partial charge in [-0.2, -0.15) is 0 Å². The molecule has 0 saturated heterocycles. The fraction of sp³-hybridized carbons (Fsp3) is 0. The van der Waals surface area contributed by atoms with E-state index < -0.39 is 7.14 Å². The molecule has 5 aromatic carbocycles. The number of fused-ring (bicyclic) bond motifs is 3. The predicted molar refractivity (Wildman–Crippen MR) is 130 cm³/mol. The molecule has 0 unspecified atom stereocenters. The van der Waals surface area contributed by atoms with E-state index in [2.05, 4.69) is 0 Å². The Balaban J connectivity index is 1.49. The van der Waals surface area contributed by atoms with Gasteiger partial charge in [-0.3, -0.25) is 0 Å². The van der Waals surface area contributed by atoms with Gasteiger partial charge >= 0.3 is 0 Å². The van der Waals surface area contributed by atoms with E-state index in [0.29, 0.717) is 28.3 Å². The van der Waals surface area contributed by atoms with Crippen LogP contribution in [0.4, 0.5) is 0 Å². The lowest BCUT2D eigenvalue weighted by Crippen LogP contribution is -2.25. The van der Waals surface area contributed by atoms with Gasteiger partial charge in [0.25, 0.3) is 0 Å². The molecular formula is C28H19O3P. The van der Waals surface area contributed by atoms with Gasteiger partial charge in [-0.15, -0.1) is 0 Å². The van der Waals surface area contributed by atoms with Crippen LogP contribution >= 0.6 is 7.14 Å². The second kappa shape index (κ2) is 7.40. The highest BCUT2D eigenvalue weighted by atomic mass is 31.2. The third-order valence-electron chi connectivity index (χ3n) is 5.78. The first-order chi connectivity index (χ1) is 15.7. The molecule has 32 heavy (non-hydrogen) atoms. The standard InChI is InChI=1S/C28H19O3P/c29-32(22-11-3-1-4-12-22,23-13-5-2-6-14-23)24-15-16-25-28(19-24)31-27-18-21-10-8-7-9-20(21)17-26(27)30-25/h1-19H. The minimum atomic E-state index is -3.08. The van der Waals surface area contributed by atoms with Crippen LogP contribution in [0.15, 0.2) is 115 Å². The topological polar surface area (TPSA) is 35.5 Å². The molecule has 0 N–H and O–H groups in total. The van der Waals surface area contributed by atoms with Gasteiger partial charge in [0.05, 0.1) is 0 Å². The van der Waals surface area contributed by atoms with Crippen molar-refractivity contribution < 1.29 is 14.0 Å². The van der Waals surface area contributed by atoms with Gasteiger partial charge in [-0.1, -0.05) is 84.9 Å². The normalized spacial score (nSPS) is 12.4. The highest BCUT2D eigenvalue weighted by molar-refractivity contribution is 7.85. The Bertz CT molecular complexity index is 1450. The summed E-state index contributed by atoms with van der Waals surface area (Å²) in [5.74, 6) is 2.52. The first-order valence-corrected chi connectivity index (χ1v) is 12.2. The van der Waals surface area contributed by atoms with Gasteiger partial charge in [-0.25, -0.2) is 0 Å². The lowest BCUT2D eigenvalue weighted by Gasteiger charge is -2.24. The molecule has 0 radical (unpaired) electrons. The van der Waals surface area contributed by atoms with Crippen LogP contribution in [0.5, 0.6) is 23.0 Å². The van der Waals surface area contributed by atoms with E-state index in [1.807, 2.05) is 115 Å². The van der Waals surface area contributed by atoms with Crippen molar-refractivity contribution in [3.8, 4) is 23.0 Å². The van der Waals surface area contributed by atoms with Gasteiger partial charge in [0.2, 0.25) is 0 Å². The van der Waals surface area contributed by atoms with Gasteiger partial charge in [-0.05, 0) is 41.1 Å². The van der Waals surface area contributed by atoms with Crippen LogP contribution < -0.4 is 25.4 Å². The second-order valence-corrected chi connectivity index (χ2v) is 10.5. The molecule has 0 atom stereocenters. The Morgan fingerprint density at radius 1 is 0.438 bits per heavy atom. The third kappa shape index (κ3) is 3.02. The van der Waals surface area contributed by atoms with Gasteiger partial charge in [0, 0.05) is 15.9 Å². The summed E-state index contributed by atoms with van der Waals surface area (Å²) >= 11 is 0. The zero-order chi connectivity index (χ0) is 21.5. The summed E-state index contributed by atoms with van der Waals surface area (Å²) in [6.07, 6.45) is 0. The third-order valence-corrected chi connectivity index (χ3v) is 8.84. The minimum Gasteiger partial charge on any atom is -0.449 e. The SMILES string of the molecule is O=P(c1ccccc1)(c1ccccc1)c1ccc2c(c1)Oc1cc3ccccc3cc1O2. The van der Waals surface area contributed by atoms with E-state index in [9.17, 15) is 4.57 Å². The Kier molecular flexibility index (Phi) is 4.38. The molecule has 0 amide bonds. The second-order valence-electron chi connectivity index (χ2n) is 7.76. The van der Waals surface area contributed by atoms with Gasteiger partial charge in [0.1, 0.15) is 0 Å². The number of benzene rings is 5.